The number of halogens is 2. The van der Waals surface area contributed by atoms with E-state index in [0.29, 0.717) is 34.1 Å². The molecule has 5 rings (SSSR count). The molecular weight excluding hydrogens is 655 g/mol. The fourth-order valence-electron chi connectivity index (χ4n) is 5.79. The predicted octanol–water partition coefficient (Wildman–Crippen LogP) is 6.49. The van der Waals surface area contributed by atoms with E-state index >= 15 is 4.39 Å². The van der Waals surface area contributed by atoms with Crippen molar-refractivity contribution in [2.75, 3.05) is 24.3 Å². The number of nitriles is 1. The third-order valence-corrected chi connectivity index (χ3v) is 10.6. The van der Waals surface area contributed by atoms with E-state index in [2.05, 4.69) is 26.4 Å². The number of nitrogens with one attached hydrogen (secondary N) is 3. The lowest BCUT2D eigenvalue weighted by molar-refractivity contribution is -0.119. The van der Waals surface area contributed by atoms with Gasteiger partial charge in [-0.05, 0) is 87.1 Å². The number of nitrogens with zero attached hydrogens (tertiary/aromatic N) is 3. The third kappa shape index (κ3) is 8.28. The normalized spacial score (nSPS) is 19.7. The molecule has 3 aromatic rings. The van der Waals surface area contributed by atoms with Crippen molar-refractivity contribution < 1.29 is 23.3 Å². The van der Waals surface area contributed by atoms with E-state index in [9.17, 15) is 19.4 Å². The number of ether oxygens (including phenoxy) is 1. The molecule has 1 aromatic heterocycles. The van der Waals surface area contributed by atoms with Crippen LogP contribution in [-0.2, 0) is 26.4 Å². The highest BCUT2D eigenvalue weighted by Gasteiger charge is 2.44. The molecule has 2 aromatic carbocycles. The first kappa shape index (κ1) is 35.6. The largest absolute Gasteiger partial charge is 0.598 e. The molecule has 0 radical (unpaired) electrons. The molecule has 0 bridgehead atoms. The minimum Gasteiger partial charge on any atom is -0.598 e. The summed E-state index contributed by atoms with van der Waals surface area (Å²) in [4.78, 5) is 32.5. The molecule has 1 unspecified atom stereocenters. The van der Waals surface area contributed by atoms with E-state index in [1.165, 1.54) is 24.3 Å². The van der Waals surface area contributed by atoms with Crippen LogP contribution in [0.15, 0.2) is 60.8 Å². The molecule has 1 saturated carbocycles. The number of amides is 3. The van der Waals surface area contributed by atoms with Crippen LogP contribution in [-0.4, -0.2) is 56.9 Å². The Balaban J connectivity index is 1.49. The molecule has 1 aliphatic heterocycles. The van der Waals surface area contributed by atoms with Gasteiger partial charge in [0.05, 0.1) is 28.4 Å². The summed E-state index contributed by atoms with van der Waals surface area (Å²) in [6.07, 6.45) is 4.72. The van der Waals surface area contributed by atoms with E-state index in [1.54, 1.807) is 42.5 Å². The zero-order valence-electron chi connectivity index (χ0n) is 27.4. The highest BCUT2D eigenvalue weighted by molar-refractivity contribution is 7.90. The van der Waals surface area contributed by atoms with Crippen LogP contribution < -0.4 is 15.4 Å². The summed E-state index contributed by atoms with van der Waals surface area (Å²) in [5, 5.41) is 15.5. The number of hydrogen-bond donors (Lipinski definition) is 3. The van der Waals surface area contributed by atoms with Crippen LogP contribution in [0, 0.1) is 23.1 Å². The molecule has 2 aliphatic rings. The van der Waals surface area contributed by atoms with Crippen LogP contribution >= 0.6 is 11.6 Å². The summed E-state index contributed by atoms with van der Waals surface area (Å²) >= 11 is 4.36. The maximum Gasteiger partial charge on any atom is 0.323 e. The molecule has 2 heterocycles. The van der Waals surface area contributed by atoms with Crippen molar-refractivity contribution in [2.45, 2.75) is 75.3 Å². The van der Waals surface area contributed by atoms with Crippen LogP contribution in [0.2, 0.25) is 5.02 Å². The molecule has 1 aliphatic carbocycles. The van der Waals surface area contributed by atoms with E-state index in [4.69, 9.17) is 16.3 Å². The molecule has 0 spiro atoms. The molecule has 254 valence electrons. The van der Waals surface area contributed by atoms with Gasteiger partial charge in [-0.2, -0.15) is 5.26 Å². The number of pyridine rings is 1. The molecule has 13 heteroatoms. The van der Waals surface area contributed by atoms with Crippen molar-refractivity contribution in [3.63, 3.8) is 0 Å². The number of carbonyl (C=O) groups excluding carboxylic acids is 2. The van der Waals surface area contributed by atoms with Crippen molar-refractivity contribution in [1.29, 1.82) is 5.26 Å². The fraction of sp³-hybridized carbons (Fsp3) is 0.429. The first-order valence-corrected chi connectivity index (χ1v) is 17.4. The zero-order valence-corrected chi connectivity index (χ0v) is 29.0. The lowest BCUT2D eigenvalue weighted by atomic mass is 9.79. The van der Waals surface area contributed by atoms with Gasteiger partial charge in [0.15, 0.2) is 0 Å². The standard InChI is InChI=1S/C35H40ClFN6O4S/c1-34(2,3)48(46)42-35(15-14-22-8-9-22,24-7-5-6-23(16-24)19-38)25-10-12-28(37)29(17-25)40-32(44)30-18-27(47-4)21-43(30)33(45)41-31-13-11-26(36)20-39-31/h5-7,10-13,16-17,20,22,27,30,42H,8-9,14-15,18,21H2,1-4H3,(H,40,44)(H,39,41,45)/t27-,30-,35?,48-/m1/s1. The third-order valence-electron chi connectivity index (χ3n) is 8.77. The fourth-order valence-corrected chi connectivity index (χ4v) is 6.86. The molecule has 3 amide bonds. The second kappa shape index (κ2) is 14.8. The number of carbonyl (C=O) groups is 2. The van der Waals surface area contributed by atoms with Gasteiger partial charge >= 0.3 is 6.03 Å². The Morgan fingerprint density at radius 2 is 1.90 bits per heavy atom. The number of rotatable bonds is 11. The monoisotopic (exact) mass is 694 g/mol. The quantitative estimate of drug-likeness (QED) is 0.195. The molecule has 1 saturated heterocycles. The van der Waals surface area contributed by atoms with Gasteiger partial charge in [-0.15, -0.1) is 4.72 Å². The molecule has 4 atom stereocenters. The molecule has 2 fully saturated rings. The van der Waals surface area contributed by atoms with Gasteiger partial charge in [0.1, 0.15) is 28.0 Å². The van der Waals surface area contributed by atoms with Crippen LogP contribution in [0.1, 0.15) is 69.6 Å². The van der Waals surface area contributed by atoms with Crippen LogP contribution in [0.25, 0.3) is 0 Å². The average molecular weight is 695 g/mol. The van der Waals surface area contributed by atoms with E-state index < -0.39 is 51.5 Å². The first-order chi connectivity index (χ1) is 22.8. The maximum atomic E-state index is 15.5. The number of hydrogen-bond acceptors (Lipinski definition) is 7. The Labute approximate surface area is 288 Å². The number of aromatic nitrogens is 1. The number of likely N-dealkylation sites (tertiary alicyclic amines) is 1. The van der Waals surface area contributed by atoms with Crippen molar-refractivity contribution in [2.24, 2.45) is 5.92 Å². The van der Waals surface area contributed by atoms with E-state index in [0.717, 1.165) is 19.3 Å². The second-order valence-corrected chi connectivity index (χ2v) is 15.7. The number of anilines is 2. The minimum absolute atomic E-state index is 0.0892. The van der Waals surface area contributed by atoms with Gasteiger partial charge in [-0.3, -0.25) is 10.1 Å². The highest BCUT2D eigenvalue weighted by atomic mass is 35.5. The molecule has 48 heavy (non-hydrogen) atoms. The Morgan fingerprint density at radius 3 is 2.54 bits per heavy atom. The Morgan fingerprint density at radius 1 is 1.15 bits per heavy atom. The maximum absolute atomic E-state index is 15.5. The van der Waals surface area contributed by atoms with E-state index in [-0.39, 0.29) is 24.5 Å². The highest BCUT2D eigenvalue weighted by Crippen LogP contribution is 2.43. The van der Waals surface area contributed by atoms with Gasteiger partial charge in [0, 0.05) is 37.6 Å². The van der Waals surface area contributed by atoms with Crippen LogP contribution in [0.3, 0.4) is 0 Å². The van der Waals surface area contributed by atoms with E-state index in [1.807, 2.05) is 26.8 Å². The minimum atomic E-state index is -1.56. The SMILES string of the molecule is CO[C@@H]1C[C@H](C(=O)Nc2cc(C(CCC3CC3)(N[S@+]([O-])C(C)(C)C)c3cccc(C#N)c3)ccc2F)N(C(=O)Nc2ccc(Cl)cn2)C1. The summed E-state index contributed by atoms with van der Waals surface area (Å²) < 4.78 is 37.6. The van der Waals surface area contributed by atoms with Crippen molar-refractivity contribution >= 4 is 46.4 Å². The molecule has 10 nitrogen and oxygen atoms in total. The molecular formula is C35H40ClFN6O4S. The van der Waals surface area contributed by atoms with Crippen molar-refractivity contribution in [1.82, 2.24) is 14.6 Å². The predicted molar refractivity (Wildman–Crippen MR) is 184 cm³/mol. The number of urea groups is 1. The smallest absolute Gasteiger partial charge is 0.323 e. The summed E-state index contributed by atoms with van der Waals surface area (Å²) in [7, 11) is 1.50. The molecule has 3 N–H and O–H groups in total. The number of benzene rings is 2. The summed E-state index contributed by atoms with van der Waals surface area (Å²) in [6.45, 7) is 5.73. The topological polar surface area (TPSA) is 142 Å². The average Bonchev–Trinajstić information content (AvgIpc) is 3.79. The second-order valence-electron chi connectivity index (χ2n) is 13.3. The van der Waals surface area contributed by atoms with Crippen LogP contribution in [0.4, 0.5) is 20.7 Å². The van der Waals surface area contributed by atoms with Crippen molar-refractivity contribution in [3.05, 3.63) is 88.3 Å². The first-order valence-electron chi connectivity index (χ1n) is 15.9. The lowest BCUT2D eigenvalue weighted by Gasteiger charge is -2.39. The van der Waals surface area contributed by atoms with Gasteiger partial charge in [0.2, 0.25) is 5.91 Å². The van der Waals surface area contributed by atoms with Crippen LogP contribution in [0.5, 0.6) is 0 Å². The number of methoxy groups -OCH3 is 1. The zero-order chi connectivity index (χ0) is 34.6. The Bertz CT molecular complexity index is 1680. The summed E-state index contributed by atoms with van der Waals surface area (Å²) in [5.41, 5.74) is 0.558. The van der Waals surface area contributed by atoms with Gasteiger partial charge < -0.3 is 19.5 Å². The summed E-state index contributed by atoms with van der Waals surface area (Å²) in [5.74, 6) is -0.490. The Hall–Kier alpha value is -3.73. The van der Waals surface area contributed by atoms with Gasteiger partial charge in [-0.1, -0.05) is 42.6 Å². The van der Waals surface area contributed by atoms with Gasteiger partial charge in [-0.25, -0.2) is 14.2 Å². The Kier molecular flexibility index (Phi) is 11.0. The van der Waals surface area contributed by atoms with Crippen molar-refractivity contribution in [3.8, 4) is 6.07 Å². The van der Waals surface area contributed by atoms with Gasteiger partial charge in [0.25, 0.3) is 0 Å². The summed E-state index contributed by atoms with van der Waals surface area (Å²) in [6, 6.07) is 15.3. The lowest BCUT2D eigenvalue weighted by Crippen LogP contribution is -2.52.